The van der Waals surface area contributed by atoms with Gasteiger partial charge in [-0.3, -0.25) is 4.79 Å². The summed E-state index contributed by atoms with van der Waals surface area (Å²) in [4.78, 5) is 12.7. The van der Waals surface area contributed by atoms with Gasteiger partial charge in [-0.05, 0) is 37.8 Å². The molecule has 0 saturated carbocycles. The average molecular weight is 212 g/mol. The molecular formula is C11H16O2S. The molecule has 0 atom stereocenters. The zero-order chi connectivity index (χ0) is 10.8. The Kier molecular flexibility index (Phi) is 3.45. The highest BCUT2D eigenvalue weighted by atomic mass is 32.1. The van der Waals surface area contributed by atoms with Gasteiger partial charge in [-0.25, -0.2) is 0 Å². The van der Waals surface area contributed by atoms with Crippen molar-refractivity contribution in [3.8, 4) is 0 Å². The molecule has 1 aromatic rings. The Balaban J connectivity index is 2.73. The third-order valence-corrected chi connectivity index (χ3v) is 3.31. The van der Waals surface area contributed by atoms with Crippen molar-refractivity contribution in [1.82, 2.24) is 0 Å². The highest BCUT2D eigenvalue weighted by molar-refractivity contribution is 7.12. The molecular weight excluding hydrogens is 196 g/mol. The lowest BCUT2D eigenvalue weighted by Gasteiger charge is -2.21. The number of aryl methyl sites for hydroxylation is 1. The van der Waals surface area contributed by atoms with Crippen molar-refractivity contribution in [3.05, 3.63) is 21.9 Å². The van der Waals surface area contributed by atoms with E-state index < -0.39 is 0 Å². The molecule has 0 aliphatic heterocycles. The Hall–Kier alpha value is -0.670. The first-order valence-corrected chi connectivity index (χ1v) is 5.47. The van der Waals surface area contributed by atoms with Crippen molar-refractivity contribution < 1.29 is 9.53 Å². The number of hydrogen-bond donors (Lipinski definition) is 0. The van der Waals surface area contributed by atoms with Gasteiger partial charge in [0, 0.05) is 13.5 Å². The number of Topliss-reactive ketones (excluding diaryl/α,β-unsaturated/α-hetero) is 1. The van der Waals surface area contributed by atoms with E-state index in [1.807, 2.05) is 32.2 Å². The van der Waals surface area contributed by atoms with Crippen molar-refractivity contribution >= 4 is 17.1 Å². The minimum atomic E-state index is -0.368. The zero-order valence-corrected chi connectivity index (χ0v) is 9.90. The molecule has 1 aromatic heterocycles. The van der Waals surface area contributed by atoms with Crippen LogP contribution in [0.5, 0.6) is 0 Å². The summed E-state index contributed by atoms with van der Waals surface area (Å²) in [7, 11) is 1.63. The van der Waals surface area contributed by atoms with Gasteiger partial charge in [0.05, 0.1) is 10.5 Å². The summed E-state index contributed by atoms with van der Waals surface area (Å²) in [6, 6.07) is 1.97. The molecule has 78 valence electrons. The maximum Gasteiger partial charge on any atom is 0.175 e. The molecule has 0 radical (unpaired) electrons. The molecule has 0 unspecified atom stereocenters. The van der Waals surface area contributed by atoms with E-state index in [-0.39, 0.29) is 11.4 Å². The molecule has 0 aliphatic rings. The van der Waals surface area contributed by atoms with E-state index in [1.165, 1.54) is 11.3 Å². The van der Waals surface area contributed by atoms with Crippen LogP contribution < -0.4 is 0 Å². The predicted octanol–water partition coefficient (Wildman–Crippen LogP) is 3.05. The van der Waals surface area contributed by atoms with Gasteiger partial charge in [-0.15, -0.1) is 11.3 Å². The van der Waals surface area contributed by atoms with Crippen LogP contribution >= 0.6 is 11.3 Å². The number of ketones is 1. The minimum Gasteiger partial charge on any atom is -0.378 e. The zero-order valence-electron chi connectivity index (χ0n) is 9.09. The summed E-state index contributed by atoms with van der Waals surface area (Å²) in [5.41, 5.74) is 0.694. The minimum absolute atomic E-state index is 0.171. The van der Waals surface area contributed by atoms with E-state index in [9.17, 15) is 4.79 Å². The monoisotopic (exact) mass is 212 g/mol. The standard InChI is InChI=1S/C11H16O2S/c1-8-5-6-14-10(8)9(12)7-11(2,3)13-4/h5-6H,7H2,1-4H3. The van der Waals surface area contributed by atoms with Gasteiger partial charge in [0.2, 0.25) is 0 Å². The van der Waals surface area contributed by atoms with Gasteiger partial charge in [-0.1, -0.05) is 0 Å². The van der Waals surface area contributed by atoms with Crippen LogP contribution in [-0.2, 0) is 4.74 Å². The highest BCUT2D eigenvalue weighted by Gasteiger charge is 2.23. The summed E-state index contributed by atoms with van der Waals surface area (Å²) in [6.07, 6.45) is 0.435. The van der Waals surface area contributed by atoms with Gasteiger partial charge in [-0.2, -0.15) is 0 Å². The van der Waals surface area contributed by atoms with Crippen molar-refractivity contribution in [2.24, 2.45) is 0 Å². The molecule has 0 N–H and O–H groups in total. The molecule has 3 heteroatoms. The second-order valence-electron chi connectivity index (χ2n) is 4.00. The van der Waals surface area contributed by atoms with E-state index in [1.54, 1.807) is 7.11 Å². The fourth-order valence-corrected chi connectivity index (χ4v) is 2.06. The molecule has 0 aromatic carbocycles. The normalized spacial score (nSPS) is 11.7. The Morgan fingerprint density at radius 1 is 1.57 bits per heavy atom. The van der Waals surface area contributed by atoms with Crippen LogP contribution in [-0.4, -0.2) is 18.5 Å². The lowest BCUT2D eigenvalue weighted by Crippen LogP contribution is -2.26. The maximum atomic E-state index is 11.8. The third kappa shape index (κ3) is 2.66. The Morgan fingerprint density at radius 2 is 2.21 bits per heavy atom. The van der Waals surface area contributed by atoms with Gasteiger partial charge in [0.25, 0.3) is 0 Å². The molecule has 1 rings (SSSR count). The number of rotatable bonds is 4. The summed E-state index contributed by atoms with van der Waals surface area (Å²) in [5, 5.41) is 1.95. The second-order valence-corrected chi connectivity index (χ2v) is 4.91. The number of thiophene rings is 1. The van der Waals surface area contributed by atoms with Crippen LogP contribution in [0.3, 0.4) is 0 Å². The van der Waals surface area contributed by atoms with E-state index in [0.717, 1.165) is 10.4 Å². The largest absolute Gasteiger partial charge is 0.378 e. The summed E-state index contributed by atoms with van der Waals surface area (Å²) < 4.78 is 5.23. The molecule has 1 heterocycles. The van der Waals surface area contributed by atoms with Gasteiger partial charge in [0.1, 0.15) is 0 Å². The van der Waals surface area contributed by atoms with Crippen LogP contribution in [0.1, 0.15) is 35.5 Å². The lowest BCUT2D eigenvalue weighted by atomic mass is 10.00. The fourth-order valence-electron chi connectivity index (χ4n) is 1.20. The number of hydrogen-bond acceptors (Lipinski definition) is 3. The molecule has 2 nitrogen and oxygen atoms in total. The summed E-state index contributed by atoms with van der Waals surface area (Å²) >= 11 is 1.50. The molecule has 0 fully saturated rings. The number of ether oxygens (including phenoxy) is 1. The maximum absolute atomic E-state index is 11.8. The second kappa shape index (κ2) is 4.24. The molecule has 0 aliphatic carbocycles. The average Bonchev–Trinajstić information content (AvgIpc) is 2.51. The smallest absolute Gasteiger partial charge is 0.175 e. The highest BCUT2D eigenvalue weighted by Crippen LogP contribution is 2.22. The fraction of sp³-hybridized carbons (Fsp3) is 0.545. The molecule has 14 heavy (non-hydrogen) atoms. The van der Waals surface area contributed by atoms with E-state index >= 15 is 0 Å². The van der Waals surface area contributed by atoms with Gasteiger partial charge >= 0.3 is 0 Å². The van der Waals surface area contributed by atoms with E-state index in [0.29, 0.717) is 6.42 Å². The van der Waals surface area contributed by atoms with E-state index in [4.69, 9.17) is 4.74 Å². The molecule has 0 spiro atoms. The number of carbonyl (C=O) groups excluding carboxylic acids is 1. The lowest BCUT2D eigenvalue weighted by molar-refractivity contribution is 0.0173. The first-order valence-electron chi connectivity index (χ1n) is 4.59. The van der Waals surface area contributed by atoms with Crippen LogP contribution in [0, 0.1) is 6.92 Å². The predicted molar refractivity (Wildman–Crippen MR) is 59.1 cm³/mol. The van der Waals surface area contributed by atoms with Gasteiger partial charge < -0.3 is 4.74 Å². The van der Waals surface area contributed by atoms with Crippen molar-refractivity contribution in [1.29, 1.82) is 0 Å². The van der Waals surface area contributed by atoms with Crippen LogP contribution in [0.15, 0.2) is 11.4 Å². The summed E-state index contributed by atoms with van der Waals surface area (Å²) in [6.45, 7) is 5.81. The van der Waals surface area contributed by atoms with Crippen LogP contribution in [0.25, 0.3) is 0 Å². The Bertz CT molecular complexity index is 326. The molecule has 0 bridgehead atoms. The first-order chi connectivity index (χ1) is 6.46. The third-order valence-electron chi connectivity index (χ3n) is 2.25. The topological polar surface area (TPSA) is 26.3 Å². The number of carbonyl (C=O) groups is 1. The van der Waals surface area contributed by atoms with Crippen molar-refractivity contribution in [3.63, 3.8) is 0 Å². The Morgan fingerprint density at radius 3 is 2.64 bits per heavy atom. The molecule has 0 amide bonds. The quantitative estimate of drug-likeness (QED) is 0.717. The van der Waals surface area contributed by atoms with Crippen molar-refractivity contribution in [2.75, 3.05) is 7.11 Å². The van der Waals surface area contributed by atoms with Crippen LogP contribution in [0.2, 0.25) is 0 Å². The Labute approximate surface area is 88.9 Å². The van der Waals surface area contributed by atoms with Crippen LogP contribution in [0.4, 0.5) is 0 Å². The van der Waals surface area contributed by atoms with Crippen molar-refractivity contribution in [2.45, 2.75) is 32.8 Å². The number of methoxy groups -OCH3 is 1. The van der Waals surface area contributed by atoms with Gasteiger partial charge in [0.15, 0.2) is 5.78 Å². The molecule has 0 saturated heterocycles. The SMILES string of the molecule is COC(C)(C)CC(=O)c1sccc1C. The van der Waals surface area contributed by atoms with E-state index in [2.05, 4.69) is 0 Å². The first kappa shape index (κ1) is 11.4. The summed E-state index contributed by atoms with van der Waals surface area (Å²) in [5.74, 6) is 0.171.